The second-order valence-corrected chi connectivity index (χ2v) is 5.26. The first-order valence-electron chi connectivity index (χ1n) is 7.32. The number of rotatable bonds is 3. The van der Waals surface area contributed by atoms with Crippen molar-refractivity contribution in [3.63, 3.8) is 0 Å². The quantitative estimate of drug-likeness (QED) is 0.715. The third-order valence-corrected chi connectivity index (χ3v) is 3.47. The Kier molecular flexibility index (Phi) is 4.26. The lowest BCUT2D eigenvalue weighted by atomic mass is 10.1. The lowest BCUT2D eigenvalue weighted by Gasteiger charge is -2.01. The van der Waals surface area contributed by atoms with E-state index < -0.39 is 0 Å². The normalized spacial score (nSPS) is 10.6. The number of benzene rings is 1. The van der Waals surface area contributed by atoms with Gasteiger partial charge in [-0.05, 0) is 47.9 Å². The summed E-state index contributed by atoms with van der Waals surface area (Å²) in [5.74, 6) is 0. The molecule has 0 saturated carbocycles. The van der Waals surface area contributed by atoms with Gasteiger partial charge < -0.3 is 0 Å². The summed E-state index contributed by atoms with van der Waals surface area (Å²) in [4.78, 5) is 8.84. The Morgan fingerprint density at radius 3 is 1.96 bits per heavy atom. The van der Waals surface area contributed by atoms with Gasteiger partial charge in [-0.1, -0.05) is 36.4 Å². The summed E-state index contributed by atoms with van der Waals surface area (Å²) in [5, 5.41) is 8.79. The lowest BCUT2D eigenvalue weighted by Crippen LogP contribution is -1.88. The fraction of sp³-hybridized carbons (Fsp3) is 0.0500. The summed E-state index contributed by atoms with van der Waals surface area (Å²) in [6.45, 7) is 2.02. The van der Waals surface area contributed by atoms with Crippen LogP contribution in [-0.4, -0.2) is 9.97 Å². The molecule has 2 aromatic heterocycles. The van der Waals surface area contributed by atoms with E-state index in [1.54, 1.807) is 0 Å². The molecule has 3 nitrogen and oxygen atoms in total. The van der Waals surface area contributed by atoms with Crippen LogP contribution >= 0.6 is 0 Å². The summed E-state index contributed by atoms with van der Waals surface area (Å²) >= 11 is 0. The van der Waals surface area contributed by atoms with E-state index in [1.165, 1.54) is 0 Å². The minimum Gasteiger partial charge on any atom is -0.254 e. The number of aromatic nitrogens is 2. The molecule has 3 heteroatoms. The van der Waals surface area contributed by atoms with Crippen molar-refractivity contribution in [2.45, 2.75) is 6.92 Å². The van der Waals surface area contributed by atoms with Gasteiger partial charge in [0, 0.05) is 12.4 Å². The van der Waals surface area contributed by atoms with E-state index >= 15 is 0 Å². The highest BCUT2D eigenvalue weighted by molar-refractivity contribution is 5.70. The van der Waals surface area contributed by atoms with Gasteiger partial charge in [0.25, 0.3) is 0 Å². The summed E-state index contributed by atoms with van der Waals surface area (Å²) in [5.41, 5.74) is 5.60. The third kappa shape index (κ3) is 3.69. The number of nitriles is 1. The summed E-state index contributed by atoms with van der Waals surface area (Å²) < 4.78 is 0. The van der Waals surface area contributed by atoms with Crippen LogP contribution in [0.15, 0.2) is 60.9 Å². The minimum atomic E-state index is 0.666. The van der Waals surface area contributed by atoms with Crippen molar-refractivity contribution in [1.82, 2.24) is 9.97 Å². The molecule has 0 spiro atoms. The molecule has 0 aliphatic carbocycles. The van der Waals surface area contributed by atoms with Crippen molar-refractivity contribution in [3.05, 3.63) is 83.2 Å². The van der Waals surface area contributed by atoms with E-state index in [0.717, 1.165) is 28.1 Å². The zero-order chi connectivity index (χ0) is 16.1. The van der Waals surface area contributed by atoms with Crippen molar-refractivity contribution in [2.75, 3.05) is 0 Å². The predicted molar refractivity (Wildman–Crippen MR) is 92.3 cm³/mol. The molecule has 0 unspecified atom stereocenters. The lowest BCUT2D eigenvalue weighted by molar-refractivity contribution is 1.22. The molecule has 0 fully saturated rings. The molecule has 0 N–H and O–H groups in total. The SMILES string of the molecule is Cc1ccc(-c2ccc(/C=C/c3ccc(C#N)cc3)cn2)nc1. The van der Waals surface area contributed by atoms with Crippen molar-refractivity contribution in [1.29, 1.82) is 5.26 Å². The van der Waals surface area contributed by atoms with Crippen LogP contribution in [0, 0.1) is 18.3 Å². The molecule has 2 heterocycles. The number of aryl methyl sites for hydroxylation is 1. The molecule has 110 valence electrons. The molecule has 0 radical (unpaired) electrons. The number of pyridine rings is 2. The molecule has 3 aromatic rings. The Morgan fingerprint density at radius 2 is 1.39 bits per heavy atom. The van der Waals surface area contributed by atoms with Gasteiger partial charge in [-0.2, -0.15) is 5.26 Å². The largest absolute Gasteiger partial charge is 0.254 e. The van der Waals surface area contributed by atoms with E-state index in [9.17, 15) is 0 Å². The van der Waals surface area contributed by atoms with Gasteiger partial charge in [-0.15, -0.1) is 0 Å². The first kappa shape index (κ1) is 14.7. The predicted octanol–water partition coefficient (Wildman–Crippen LogP) is 4.49. The van der Waals surface area contributed by atoms with Crippen LogP contribution in [0.4, 0.5) is 0 Å². The standard InChI is InChI=1S/C20H15N3/c1-15-2-10-19(22-13-15)20-11-9-18(14-23-20)8-5-16-3-6-17(12-21)7-4-16/h2-11,13-14H,1H3/b8-5+. The monoisotopic (exact) mass is 297 g/mol. The molecule has 0 amide bonds. The maximum absolute atomic E-state index is 8.79. The van der Waals surface area contributed by atoms with Crippen LogP contribution < -0.4 is 0 Å². The average Bonchev–Trinajstić information content (AvgIpc) is 2.61. The fourth-order valence-corrected chi connectivity index (χ4v) is 2.14. The highest BCUT2D eigenvalue weighted by atomic mass is 14.8. The Bertz CT molecular complexity index is 853. The smallest absolute Gasteiger partial charge is 0.0991 e. The minimum absolute atomic E-state index is 0.666. The Hall–Kier alpha value is -3.25. The average molecular weight is 297 g/mol. The first-order chi connectivity index (χ1) is 11.2. The van der Waals surface area contributed by atoms with Crippen molar-refractivity contribution in [3.8, 4) is 17.5 Å². The van der Waals surface area contributed by atoms with Crippen LogP contribution in [0.25, 0.3) is 23.5 Å². The second kappa shape index (κ2) is 6.67. The van der Waals surface area contributed by atoms with Crippen LogP contribution in [0.2, 0.25) is 0 Å². The topological polar surface area (TPSA) is 49.6 Å². The van der Waals surface area contributed by atoms with E-state index in [1.807, 2.05) is 80.0 Å². The maximum atomic E-state index is 8.79. The molecule has 0 aliphatic heterocycles. The van der Waals surface area contributed by atoms with Gasteiger partial charge in [-0.25, -0.2) is 0 Å². The van der Waals surface area contributed by atoms with E-state index in [4.69, 9.17) is 5.26 Å². The highest BCUT2D eigenvalue weighted by Crippen LogP contribution is 2.16. The van der Waals surface area contributed by atoms with Crippen molar-refractivity contribution >= 4 is 12.2 Å². The molecular weight excluding hydrogens is 282 g/mol. The Balaban J connectivity index is 1.75. The van der Waals surface area contributed by atoms with Crippen LogP contribution in [-0.2, 0) is 0 Å². The van der Waals surface area contributed by atoms with Crippen molar-refractivity contribution < 1.29 is 0 Å². The van der Waals surface area contributed by atoms with Gasteiger partial charge in [0.05, 0.1) is 23.0 Å². The highest BCUT2D eigenvalue weighted by Gasteiger charge is 2.00. The molecule has 3 rings (SSSR count). The first-order valence-corrected chi connectivity index (χ1v) is 7.32. The van der Waals surface area contributed by atoms with E-state index in [0.29, 0.717) is 5.56 Å². The Morgan fingerprint density at radius 1 is 0.783 bits per heavy atom. The van der Waals surface area contributed by atoms with Gasteiger partial charge >= 0.3 is 0 Å². The molecule has 0 saturated heterocycles. The van der Waals surface area contributed by atoms with Gasteiger partial charge in [0.1, 0.15) is 0 Å². The van der Waals surface area contributed by atoms with Gasteiger partial charge in [-0.3, -0.25) is 9.97 Å². The van der Waals surface area contributed by atoms with Crippen LogP contribution in [0.3, 0.4) is 0 Å². The molecule has 1 aromatic carbocycles. The summed E-state index contributed by atoms with van der Waals surface area (Å²) in [6.07, 6.45) is 7.68. The van der Waals surface area contributed by atoms with E-state index in [-0.39, 0.29) is 0 Å². The second-order valence-electron chi connectivity index (χ2n) is 5.26. The maximum Gasteiger partial charge on any atom is 0.0991 e. The fourth-order valence-electron chi connectivity index (χ4n) is 2.14. The number of hydrogen-bond acceptors (Lipinski definition) is 3. The summed E-state index contributed by atoms with van der Waals surface area (Å²) in [6, 6.07) is 17.6. The summed E-state index contributed by atoms with van der Waals surface area (Å²) in [7, 11) is 0. The van der Waals surface area contributed by atoms with Crippen LogP contribution in [0.1, 0.15) is 22.3 Å². The zero-order valence-corrected chi connectivity index (χ0v) is 12.8. The molecular formula is C20H15N3. The zero-order valence-electron chi connectivity index (χ0n) is 12.8. The van der Waals surface area contributed by atoms with Gasteiger partial charge in [0.2, 0.25) is 0 Å². The van der Waals surface area contributed by atoms with Crippen molar-refractivity contribution in [2.24, 2.45) is 0 Å². The number of nitrogens with zero attached hydrogens (tertiary/aromatic N) is 3. The molecule has 23 heavy (non-hydrogen) atoms. The molecule has 0 aliphatic rings. The van der Waals surface area contributed by atoms with Crippen LogP contribution in [0.5, 0.6) is 0 Å². The van der Waals surface area contributed by atoms with E-state index in [2.05, 4.69) is 16.0 Å². The number of hydrogen-bond donors (Lipinski definition) is 0. The van der Waals surface area contributed by atoms with Gasteiger partial charge in [0.15, 0.2) is 0 Å². The molecule has 0 atom stereocenters. The molecule has 0 bridgehead atoms. The third-order valence-electron chi connectivity index (χ3n) is 3.47. The Labute approximate surface area is 135 Å².